The SMILES string of the molecule is COc1ccc(CNC(=O)CSc2nc3sc(C)c(C)c3c(=O)n2C2CCCC2)cc1. The standard InChI is InChI=1S/C23H27N3O3S2/c1-14-15(2)31-21-20(14)22(28)26(17-6-4-5-7-17)23(25-21)30-13-19(27)24-12-16-8-10-18(29-3)11-9-16/h8-11,17H,4-7,12-13H2,1-3H3,(H,24,27). The monoisotopic (exact) mass is 457 g/mol. The first kappa shape index (κ1) is 21.9. The molecule has 1 N–H and O–H groups in total. The number of fused-ring (bicyclic) bond motifs is 1. The van der Waals surface area contributed by atoms with E-state index in [1.165, 1.54) is 11.8 Å². The molecule has 6 nitrogen and oxygen atoms in total. The Bertz CT molecular complexity index is 1150. The van der Waals surface area contributed by atoms with Crippen molar-refractivity contribution in [3.63, 3.8) is 0 Å². The maximum atomic E-state index is 13.4. The van der Waals surface area contributed by atoms with Crippen LogP contribution in [0.2, 0.25) is 0 Å². The molecule has 8 heteroatoms. The summed E-state index contributed by atoms with van der Waals surface area (Å²) in [6.45, 7) is 4.48. The highest BCUT2D eigenvalue weighted by atomic mass is 32.2. The number of hydrogen-bond donors (Lipinski definition) is 1. The van der Waals surface area contributed by atoms with E-state index in [2.05, 4.69) is 5.32 Å². The van der Waals surface area contributed by atoms with Gasteiger partial charge in [0.25, 0.3) is 5.56 Å². The number of amides is 1. The molecule has 1 saturated carbocycles. The van der Waals surface area contributed by atoms with E-state index in [0.717, 1.165) is 57.7 Å². The van der Waals surface area contributed by atoms with Gasteiger partial charge in [-0.25, -0.2) is 4.98 Å². The highest BCUT2D eigenvalue weighted by Gasteiger charge is 2.25. The predicted octanol–water partition coefficient (Wildman–Crippen LogP) is 4.61. The number of carbonyl (C=O) groups is 1. The predicted molar refractivity (Wildman–Crippen MR) is 126 cm³/mol. The lowest BCUT2D eigenvalue weighted by Gasteiger charge is -2.18. The maximum Gasteiger partial charge on any atom is 0.263 e. The Morgan fingerprint density at radius 1 is 1.26 bits per heavy atom. The van der Waals surface area contributed by atoms with Crippen LogP contribution >= 0.6 is 23.1 Å². The van der Waals surface area contributed by atoms with Gasteiger partial charge in [-0.3, -0.25) is 14.2 Å². The van der Waals surface area contributed by atoms with Gasteiger partial charge in [0.15, 0.2) is 5.16 Å². The summed E-state index contributed by atoms with van der Waals surface area (Å²) in [4.78, 5) is 32.6. The van der Waals surface area contributed by atoms with E-state index in [1.54, 1.807) is 18.4 Å². The van der Waals surface area contributed by atoms with Gasteiger partial charge in [0.05, 0.1) is 18.2 Å². The number of aromatic nitrogens is 2. The third-order valence-corrected chi connectivity index (χ3v) is 7.93. The minimum absolute atomic E-state index is 0.0416. The van der Waals surface area contributed by atoms with Crippen LogP contribution in [-0.4, -0.2) is 28.3 Å². The van der Waals surface area contributed by atoms with Gasteiger partial charge >= 0.3 is 0 Å². The molecular formula is C23H27N3O3S2. The average molecular weight is 458 g/mol. The van der Waals surface area contributed by atoms with Gasteiger partial charge in [0, 0.05) is 17.5 Å². The van der Waals surface area contributed by atoms with Gasteiger partial charge in [0.2, 0.25) is 5.91 Å². The first-order chi connectivity index (χ1) is 15.0. The third kappa shape index (κ3) is 4.65. The van der Waals surface area contributed by atoms with E-state index in [4.69, 9.17) is 9.72 Å². The number of benzene rings is 1. The molecule has 0 bridgehead atoms. The zero-order chi connectivity index (χ0) is 22.0. The van der Waals surface area contributed by atoms with Crippen LogP contribution in [0.3, 0.4) is 0 Å². The number of hydrogen-bond acceptors (Lipinski definition) is 6. The number of nitrogens with one attached hydrogen (secondary N) is 1. The van der Waals surface area contributed by atoms with Gasteiger partial charge < -0.3 is 10.1 Å². The summed E-state index contributed by atoms with van der Waals surface area (Å²) in [5.41, 5.74) is 2.07. The van der Waals surface area contributed by atoms with Crippen molar-refractivity contribution in [1.29, 1.82) is 0 Å². The molecule has 1 amide bonds. The molecule has 1 fully saturated rings. The number of thioether (sulfide) groups is 1. The Balaban J connectivity index is 1.51. The highest BCUT2D eigenvalue weighted by Crippen LogP contribution is 2.34. The number of carbonyl (C=O) groups excluding carboxylic acids is 1. The quantitative estimate of drug-likeness (QED) is 0.414. The minimum Gasteiger partial charge on any atom is -0.497 e. The van der Waals surface area contributed by atoms with Crippen molar-refractivity contribution in [3.05, 3.63) is 50.6 Å². The van der Waals surface area contributed by atoms with E-state index in [1.807, 2.05) is 42.7 Å². The third-order valence-electron chi connectivity index (χ3n) is 5.87. The van der Waals surface area contributed by atoms with E-state index >= 15 is 0 Å². The molecule has 0 atom stereocenters. The molecule has 0 unspecified atom stereocenters. The number of methoxy groups -OCH3 is 1. The number of ether oxygens (including phenoxy) is 1. The van der Waals surface area contributed by atoms with Gasteiger partial charge in [-0.2, -0.15) is 0 Å². The lowest BCUT2D eigenvalue weighted by molar-refractivity contribution is -0.118. The zero-order valence-corrected chi connectivity index (χ0v) is 19.7. The van der Waals surface area contributed by atoms with Gasteiger partial charge in [-0.1, -0.05) is 36.7 Å². The molecule has 4 rings (SSSR count). The van der Waals surface area contributed by atoms with Crippen LogP contribution in [0.25, 0.3) is 10.2 Å². The summed E-state index contributed by atoms with van der Waals surface area (Å²) in [6.07, 6.45) is 4.24. The summed E-state index contributed by atoms with van der Waals surface area (Å²) >= 11 is 2.91. The maximum absolute atomic E-state index is 13.4. The number of thiophene rings is 1. The smallest absolute Gasteiger partial charge is 0.263 e. The van der Waals surface area contributed by atoms with Gasteiger partial charge in [-0.05, 0) is 49.9 Å². The average Bonchev–Trinajstić information content (AvgIpc) is 3.39. The number of aryl methyl sites for hydroxylation is 2. The zero-order valence-electron chi connectivity index (χ0n) is 18.1. The van der Waals surface area contributed by atoms with Crippen LogP contribution in [0, 0.1) is 13.8 Å². The lowest BCUT2D eigenvalue weighted by Crippen LogP contribution is -2.28. The Morgan fingerprint density at radius 3 is 2.65 bits per heavy atom. The second-order valence-corrected chi connectivity index (χ2v) is 10.0. The molecule has 0 spiro atoms. The summed E-state index contributed by atoms with van der Waals surface area (Å²) in [5.74, 6) is 0.937. The van der Waals surface area contributed by atoms with Crippen molar-refractivity contribution in [2.24, 2.45) is 0 Å². The van der Waals surface area contributed by atoms with Crippen LogP contribution in [0.1, 0.15) is 47.7 Å². The summed E-state index contributed by atoms with van der Waals surface area (Å²) in [5, 5.41) is 4.34. The van der Waals surface area contributed by atoms with Crippen LogP contribution in [-0.2, 0) is 11.3 Å². The van der Waals surface area contributed by atoms with Gasteiger partial charge in [-0.15, -0.1) is 11.3 Å². The molecule has 2 heterocycles. The van der Waals surface area contributed by atoms with Crippen molar-refractivity contribution >= 4 is 39.2 Å². The largest absolute Gasteiger partial charge is 0.497 e. The van der Waals surface area contributed by atoms with Crippen LogP contribution in [0.4, 0.5) is 0 Å². The minimum atomic E-state index is -0.0772. The molecule has 1 aliphatic rings. The molecule has 0 aliphatic heterocycles. The molecular weight excluding hydrogens is 430 g/mol. The van der Waals surface area contributed by atoms with Crippen LogP contribution in [0.15, 0.2) is 34.2 Å². The molecule has 164 valence electrons. The summed E-state index contributed by atoms with van der Waals surface area (Å²) < 4.78 is 7.02. The summed E-state index contributed by atoms with van der Waals surface area (Å²) in [7, 11) is 1.63. The van der Waals surface area contributed by atoms with E-state index in [9.17, 15) is 9.59 Å². The molecule has 0 saturated heterocycles. The first-order valence-electron chi connectivity index (χ1n) is 10.5. The molecule has 1 aliphatic carbocycles. The van der Waals surface area contributed by atoms with Crippen LogP contribution < -0.4 is 15.6 Å². The normalized spacial score (nSPS) is 14.3. The Morgan fingerprint density at radius 2 is 1.97 bits per heavy atom. The van der Waals surface area contributed by atoms with Crippen molar-refractivity contribution in [3.8, 4) is 5.75 Å². The highest BCUT2D eigenvalue weighted by molar-refractivity contribution is 7.99. The fraction of sp³-hybridized carbons (Fsp3) is 0.435. The van der Waals surface area contributed by atoms with Crippen molar-refractivity contribution < 1.29 is 9.53 Å². The number of rotatable bonds is 7. The van der Waals surface area contributed by atoms with E-state index in [0.29, 0.717) is 11.7 Å². The Hall–Kier alpha value is -2.32. The van der Waals surface area contributed by atoms with Crippen LogP contribution in [0.5, 0.6) is 5.75 Å². The second kappa shape index (κ2) is 9.44. The lowest BCUT2D eigenvalue weighted by atomic mass is 10.2. The first-order valence-corrected chi connectivity index (χ1v) is 12.3. The fourth-order valence-electron chi connectivity index (χ4n) is 4.00. The van der Waals surface area contributed by atoms with E-state index < -0.39 is 0 Å². The van der Waals surface area contributed by atoms with Crippen molar-refractivity contribution in [1.82, 2.24) is 14.9 Å². The Kier molecular flexibility index (Phi) is 6.67. The van der Waals surface area contributed by atoms with Crippen molar-refractivity contribution in [2.45, 2.75) is 57.3 Å². The fourth-order valence-corrected chi connectivity index (χ4v) is 5.97. The molecule has 2 aromatic heterocycles. The molecule has 31 heavy (non-hydrogen) atoms. The van der Waals surface area contributed by atoms with Gasteiger partial charge in [0.1, 0.15) is 10.6 Å². The topological polar surface area (TPSA) is 73.2 Å². The Labute approximate surface area is 190 Å². The summed E-state index contributed by atoms with van der Waals surface area (Å²) in [6, 6.07) is 7.79. The van der Waals surface area contributed by atoms with Crippen molar-refractivity contribution in [2.75, 3.05) is 12.9 Å². The van der Waals surface area contributed by atoms with E-state index in [-0.39, 0.29) is 23.3 Å². The molecule has 0 radical (unpaired) electrons. The second-order valence-electron chi connectivity index (χ2n) is 7.88. The molecule has 3 aromatic rings. The number of nitrogens with zero attached hydrogens (tertiary/aromatic N) is 2. The molecule has 1 aromatic carbocycles.